The molecular formula is C22H26N4S2. The maximum Gasteiger partial charge on any atom is 0.111 e. The average molecular weight is 411 g/mol. The Morgan fingerprint density at radius 3 is 1.54 bits per heavy atom. The van der Waals surface area contributed by atoms with E-state index in [2.05, 4.69) is 60.2 Å². The van der Waals surface area contributed by atoms with E-state index in [-0.39, 0.29) is 0 Å². The van der Waals surface area contributed by atoms with Gasteiger partial charge in [0.05, 0.1) is 22.1 Å². The van der Waals surface area contributed by atoms with E-state index in [1.165, 1.54) is 0 Å². The molecule has 4 rings (SSSR count). The third-order valence-electron chi connectivity index (χ3n) is 5.20. The third-order valence-corrected chi connectivity index (χ3v) is 7.76. The number of H-pyrrole nitrogens is 2. The fraction of sp³-hybridized carbons (Fsp3) is 0.364. The highest BCUT2D eigenvalue weighted by Gasteiger charge is 2.17. The largest absolute Gasteiger partial charge is 0.342 e. The normalized spacial score (nSPS) is 13.9. The number of fused-ring (bicyclic) bond motifs is 2. The Labute approximate surface area is 173 Å². The molecule has 2 unspecified atom stereocenters. The molecule has 2 aromatic heterocycles. The summed E-state index contributed by atoms with van der Waals surface area (Å²) >= 11 is 0. The van der Waals surface area contributed by atoms with Crippen molar-refractivity contribution < 1.29 is 0 Å². The number of imidazole rings is 2. The molecule has 0 saturated heterocycles. The van der Waals surface area contributed by atoms with Gasteiger partial charge in [0.2, 0.25) is 0 Å². The van der Waals surface area contributed by atoms with E-state index in [0.29, 0.717) is 11.8 Å². The Morgan fingerprint density at radius 1 is 0.714 bits per heavy atom. The van der Waals surface area contributed by atoms with Gasteiger partial charge in [-0.2, -0.15) is 0 Å². The minimum absolute atomic E-state index is 0.455. The van der Waals surface area contributed by atoms with Crippen molar-refractivity contribution >= 4 is 43.7 Å². The zero-order chi connectivity index (χ0) is 19.3. The maximum atomic E-state index is 4.79. The molecular weight excluding hydrogens is 384 g/mol. The summed E-state index contributed by atoms with van der Waals surface area (Å²) in [6.07, 6.45) is 2.18. The first-order chi connectivity index (χ1) is 13.8. The predicted octanol–water partition coefficient (Wildman–Crippen LogP) is 6.51. The SMILES string of the molecule is CCC(CSSCC(CC)c1nc2ccccc2[nH]1)c1nc2ccccc2[nH]1. The number of aromatic amines is 2. The van der Waals surface area contributed by atoms with Gasteiger partial charge in [-0.15, -0.1) is 0 Å². The van der Waals surface area contributed by atoms with Crippen LogP contribution in [0.2, 0.25) is 0 Å². The van der Waals surface area contributed by atoms with Crippen LogP contribution in [0.4, 0.5) is 0 Å². The monoisotopic (exact) mass is 410 g/mol. The van der Waals surface area contributed by atoms with Gasteiger partial charge >= 0.3 is 0 Å². The van der Waals surface area contributed by atoms with Crippen molar-refractivity contribution in [2.24, 2.45) is 0 Å². The summed E-state index contributed by atoms with van der Waals surface area (Å²) in [6, 6.07) is 16.5. The topological polar surface area (TPSA) is 57.4 Å². The number of rotatable bonds is 9. The van der Waals surface area contributed by atoms with E-state index in [9.17, 15) is 0 Å². The number of hydrogen-bond acceptors (Lipinski definition) is 4. The molecule has 0 aliphatic heterocycles. The van der Waals surface area contributed by atoms with Crippen LogP contribution in [0.1, 0.15) is 50.2 Å². The van der Waals surface area contributed by atoms with Crippen molar-refractivity contribution in [2.75, 3.05) is 11.5 Å². The summed E-state index contributed by atoms with van der Waals surface area (Å²) in [4.78, 5) is 16.6. The zero-order valence-electron chi connectivity index (χ0n) is 16.3. The number of hydrogen-bond donors (Lipinski definition) is 2. The Balaban J connectivity index is 1.34. The van der Waals surface area contributed by atoms with E-state index < -0.39 is 0 Å². The second-order valence-electron chi connectivity index (χ2n) is 7.06. The average Bonchev–Trinajstić information content (AvgIpc) is 3.34. The Hall–Kier alpha value is -1.92. The lowest BCUT2D eigenvalue weighted by Crippen LogP contribution is -2.04. The quantitative estimate of drug-likeness (QED) is 0.244. The molecule has 4 nitrogen and oxygen atoms in total. The Morgan fingerprint density at radius 2 is 1.14 bits per heavy atom. The van der Waals surface area contributed by atoms with Crippen LogP contribution in [-0.4, -0.2) is 31.4 Å². The van der Waals surface area contributed by atoms with E-state index >= 15 is 0 Å². The number of nitrogens with one attached hydrogen (secondary N) is 2. The van der Waals surface area contributed by atoms with Crippen molar-refractivity contribution in [2.45, 2.75) is 38.5 Å². The molecule has 2 N–H and O–H groups in total. The molecule has 0 spiro atoms. The molecule has 0 amide bonds. The first kappa shape index (κ1) is 19.4. The second-order valence-corrected chi connectivity index (χ2v) is 9.61. The lowest BCUT2D eigenvalue weighted by Gasteiger charge is -2.14. The number of aromatic nitrogens is 4. The molecule has 146 valence electrons. The number of para-hydroxylation sites is 4. The number of nitrogens with zero attached hydrogens (tertiary/aromatic N) is 2. The van der Waals surface area contributed by atoms with Gasteiger partial charge in [0.1, 0.15) is 11.6 Å². The van der Waals surface area contributed by atoms with Crippen molar-refractivity contribution in [1.82, 2.24) is 19.9 Å². The van der Waals surface area contributed by atoms with Crippen LogP contribution >= 0.6 is 21.6 Å². The molecule has 0 radical (unpaired) electrons. The minimum Gasteiger partial charge on any atom is -0.342 e. The van der Waals surface area contributed by atoms with Crippen molar-refractivity contribution in [3.8, 4) is 0 Å². The van der Waals surface area contributed by atoms with Gasteiger partial charge < -0.3 is 9.97 Å². The van der Waals surface area contributed by atoms with Gasteiger partial charge in [-0.1, -0.05) is 59.7 Å². The molecule has 2 heterocycles. The van der Waals surface area contributed by atoms with Crippen LogP contribution < -0.4 is 0 Å². The van der Waals surface area contributed by atoms with Gasteiger partial charge in [0, 0.05) is 23.3 Å². The fourth-order valence-corrected chi connectivity index (χ4v) is 6.24. The molecule has 28 heavy (non-hydrogen) atoms. The number of benzene rings is 2. The van der Waals surface area contributed by atoms with Gasteiger partial charge in [0.25, 0.3) is 0 Å². The van der Waals surface area contributed by atoms with Crippen LogP contribution in [0.15, 0.2) is 48.5 Å². The highest BCUT2D eigenvalue weighted by atomic mass is 33.1. The third kappa shape index (κ3) is 4.23. The van der Waals surface area contributed by atoms with Gasteiger partial charge in [-0.05, 0) is 37.1 Å². The predicted molar refractivity (Wildman–Crippen MR) is 123 cm³/mol. The van der Waals surface area contributed by atoms with Gasteiger partial charge in [-0.3, -0.25) is 0 Å². The summed E-state index contributed by atoms with van der Waals surface area (Å²) in [6.45, 7) is 4.48. The lowest BCUT2D eigenvalue weighted by atomic mass is 10.1. The summed E-state index contributed by atoms with van der Waals surface area (Å²) < 4.78 is 0. The molecule has 4 aromatic rings. The molecule has 0 aliphatic carbocycles. The van der Waals surface area contributed by atoms with Gasteiger partial charge in [-0.25, -0.2) is 9.97 Å². The smallest absolute Gasteiger partial charge is 0.111 e. The lowest BCUT2D eigenvalue weighted by molar-refractivity contribution is 0.701. The van der Waals surface area contributed by atoms with Crippen LogP contribution in [0.3, 0.4) is 0 Å². The second kappa shape index (κ2) is 9.05. The molecule has 0 bridgehead atoms. The molecule has 6 heteroatoms. The summed E-state index contributed by atoms with van der Waals surface area (Å²) in [5, 5.41) is 0. The maximum absolute atomic E-state index is 4.79. The summed E-state index contributed by atoms with van der Waals surface area (Å²) in [5.74, 6) is 5.27. The van der Waals surface area contributed by atoms with Crippen molar-refractivity contribution in [3.05, 3.63) is 60.2 Å². The minimum atomic E-state index is 0.455. The highest BCUT2D eigenvalue weighted by molar-refractivity contribution is 8.76. The van der Waals surface area contributed by atoms with Crippen molar-refractivity contribution in [3.63, 3.8) is 0 Å². The molecule has 2 atom stereocenters. The molecule has 0 aliphatic rings. The van der Waals surface area contributed by atoms with Gasteiger partial charge in [0.15, 0.2) is 0 Å². The fourth-order valence-electron chi connectivity index (χ4n) is 3.37. The zero-order valence-corrected chi connectivity index (χ0v) is 17.9. The first-order valence-electron chi connectivity index (χ1n) is 9.92. The van der Waals surface area contributed by atoms with Crippen LogP contribution in [-0.2, 0) is 0 Å². The van der Waals surface area contributed by atoms with E-state index in [4.69, 9.17) is 9.97 Å². The van der Waals surface area contributed by atoms with Crippen LogP contribution in [0.5, 0.6) is 0 Å². The van der Waals surface area contributed by atoms with E-state index in [1.54, 1.807) is 0 Å². The van der Waals surface area contributed by atoms with Crippen molar-refractivity contribution in [1.29, 1.82) is 0 Å². The summed E-state index contributed by atoms with van der Waals surface area (Å²) in [7, 11) is 3.90. The van der Waals surface area contributed by atoms with Crippen LogP contribution in [0.25, 0.3) is 22.1 Å². The molecule has 2 aromatic carbocycles. The molecule has 0 saturated carbocycles. The molecule has 0 fully saturated rings. The summed E-state index contributed by atoms with van der Waals surface area (Å²) in [5.41, 5.74) is 4.38. The Kier molecular flexibility index (Phi) is 6.27. The standard InChI is InChI=1S/C22H26N4S2/c1-3-15(21-23-17-9-5-6-10-18(17)24-21)13-27-28-14-16(4-2)22-25-19-11-7-8-12-20(19)26-22/h5-12,15-16H,3-4,13-14H2,1-2H3,(H,23,24)(H,25,26). The Bertz CT molecular complexity index is 889. The van der Waals surface area contributed by atoms with E-state index in [1.807, 2.05) is 33.7 Å². The highest BCUT2D eigenvalue weighted by Crippen LogP contribution is 2.34. The van der Waals surface area contributed by atoms with Crippen LogP contribution in [0, 0.1) is 0 Å². The first-order valence-corrected chi connectivity index (χ1v) is 12.4. The van der Waals surface area contributed by atoms with E-state index in [0.717, 1.165) is 58.1 Å².